The van der Waals surface area contributed by atoms with Crippen LogP contribution in [0.2, 0.25) is 0 Å². The first-order valence-electron chi connectivity index (χ1n) is 8.44. The average molecular weight is 359 g/mol. The molecule has 1 aliphatic heterocycles. The molecule has 0 bridgehead atoms. The van der Waals surface area contributed by atoms with Crippen LogP contribution in [0.5, 0.6) is 0 Å². The summed E-state index contributed by atoms with van der Waals surface area (Å²) in [5.74, 6) is -0.435. The molecule has 0 radical (unpaired) electrons. The van der Waals surface area contributed by atoms with E-state index in [4.69, 9.17) is 0 Å². The van der Waals surface area contributed by atoms with Crippen LogP contribution in [-0.2, 0) is 6.54 Å². The van der Waals surface area contributed by atoms with Crippen LogP contribution >= 0.6 is 0 Å². The Hall–Kier alpha value is -3.74. The number of rotatable bonds is 3. The molecular weight excluding hydrogens is 342 g/mol. The first-order chi connectivity index (χ1) is 13.1. The van der Waals surface area contributed by atoms with Crippen molar-refractivity contribution in [3.05, 3.63) is 77.9 Å². The molecular formula is C20H17N5O2. The van der Waals surface area contributed by atoms with E-state index < -0.39 is 0 Å². The van der Waals surface area contributed by atoms with E-state index in [0.29, 0.717) is 23.4 Å². The number of amides is 2. The molecule has 0 atom stereocenters. The third kappa shape index (κ3) is 3.22. The fourth-order valence-electron chi connectivity index (χ4n) is 3.05. The molecule has 0 fully saturated rings. The van der Waals surface area contributed by atoms with E-state index >= 15 is 0 Å². The summed E-state index contributed by atoms with van der Waals surface area (Å²) < 4.78 is 0. The SMILES string of the molecule is CN1c2ccc(C(=O)NCc3cncnc3)cc2NC(=O)c2ccccc21. The van der Waals surface area contributed by atoms with Gasteiger partial charge in [0.2, 0.25) is 0 Å². The van der Waals surface area contributed by atoms with Gasteiger partial charge >= 0.3 is 0 Å². The summed E-state index contributed by atoms with van der Waals surface area (Å²) in [5.41, 5.74) is 4.09. The van der Waals surface area contributed by atoms with Crippen LogP contribution in [0.15, 0.2) is 61.2 Å². The quantitative estimate of drug-likeness (QED) is 0.751. The second-order valence-electron chi connectivity index (χ2n) is 6.19. The van der Waals surface area contributed by atoms with Gasteiger partial charge in [0.25, 0.3) is 11.8 Å². The fraction of sp³-hybridized carbons (Fsp3) is 0.100. The Bertz CT molecular complexity index is 1020. The number of fused-ring (bicyclic) bond motifs is 2. The minimum absolute atomic E-state index is 0.199. The largest absolute Gasteiger partial charge is 0.348 e. The number of hydrogen-bond acceptors (Lipinski definition) is 5. The first kappa shape index (κ1) is 16.7. The van der Waals surface area contributed by atoms with Crippen molar-refractivity contribution < 1.29 is 9.59 Å². The van der Waals surface area contributed by atoms with Crippen LogP contribution in [0.1, 0.15) is 26.3 Å². The van der Waals surface area contributed by atoms with E-state index in [1.165, 1.54) is 6.33 Å². The minimum atomic E-state index is -0.236. The lowest BCUT2D eigenvalue weighted by atomic mass is 10.1. The number of nitrogens with zero attached hydrogens (tertiary/aromatic N) is 3. The van der Waals surface area contributed by atoms with Crippen LogP contribution in [0, 0.1) is 0 Å². The van der Waals surface area contributed by atoms with Gasteiger partial charge in [0.05, 0.1) is 22.6 Å². The van der Waals surface area contributed by atoms with E-state index in [9.17, 15) is 9.59 Å². The molecule has 1 aliphatic rings. The first-order valence-corrected chi connectivity index (χ1v) is 8.44. The van der Waals surface area contributed by atoms with Crippen molar-refractivity contribution in [2.75, 3.05) is 17.3 Å². The molecule has 0 saturated carbocycles. The Kier molecular flexibility index (Phi) is 4.25. The molecule has 1 aromatic heterocycles. The van der Waals surface area contributed by atoms with Gasteiger partial charge in [0.1, 0.15) is 6.33 Å². The van der Waals surface area contributed by atoms with Crippen molar-refractivity contribution in [2.45, 2.75) is 6.54 Å². The van der Waals surface area contributed by atoms with Crippen LogP contribution < -0.4 is 15.5 Å². The second kappa shape index (κ2) is 6.87. The van der Waals surface area contributed by atoms with Gasteiger partial charge in [-0.15, -0.1) is 0 Å². The molecule has 2 aromatic carbocycles. The van der Waals surface area contributed by atoms with Crippen LogP contribution in [0.4, 0.5) is 17.1 Å². The van der Waals surface area contributed by atoms with E-state index in [-0.39, 0.29) is 11.8 Å². The van der Waals surface area contributed by atoms with Crippen molar-refractivity contribution in [3.8, 4) is 0 Å². The van der Waals surface area contributed by atoms with Crippen molar-refractivity contribution in [1.29, 1.82) is 0 Å². The highest BCUT2D eigenvalue weighted by Gasteiger charge is 2.23. The average Bonchev–Trinajstić information content (AvgIpc) is 2.82. The monoisotopic (exact) mass is 359 g/mol. The summed E-state index contributed by atoms with van der Waals surface area (Å²) in [4.78, 5) is 34.8. The minimum Gasteiger partial charge on any atom is -0.348 e. The van der Waals surface area contributed by atoms with E-state index in [1.807, 2.05) is 36.2 Å². The standard InChI is InChI=1S/C20H17N5O2/c1-25-17-5-3-2-4-15(17)20(27)24-16-8-14(6-7-18(16)25)19(26)23-11-13-9-21-12-22-10-13/h2-10,12H,11H2,1H3,(H,23,26)(H,24,27). The zero-order valence-corrected chi connectivity index (χ0v) is 14.6. The number of carbonyl (C=O) groups excluding carboxylic acids is 2. The Morgan fingerprint density at radius 1 is 1.11 bits per heavy atom. The predicted molar refractivity (Wildman–Crippen MR) is 102 cm³/mol. The lowest BCUT2D eigenvalue weighted by molar-refractivity contribution is 0.0949. The maximum absolute atomic E-state index is 12.6. The molecule has 0 spiro atoms. The zero-order valence-electron chi connectivity index (χ0n) is 14.6. The highest BCUT2D eigenvalue weighted by Crippen LogP contribution is 2.36. The molecule has 3 aromatic rings. The summed E-state index contributed by atoms with van der Waals surface area (Å²) >= 11 is 0. The molecule has 2 amide bonds. The molecule has 2 N–H and O–H groups in total. The number of anilines is 3. The highest BCUT2D eigenvalue weighted by atomic mass is 16.2. The van der Waals surface area contributed by atoms with Gasteiger partial charge in [-0.05, 0) is 30.3 Å². The molecule has 27 heavy (non-hydrogen) atoms. The van der Waals surface area contributed by atoms with Crippen LogP contribution in [0.3, 0.4) is 0 Å². The molecule has 0 aliphatic carbocycles. The van der Waals surface area contributed by atoms with Crippen molar-refractivity contribution in [3.63, 3.8) is 0 Å². The molecule has 134 valence electrons. The van der Waals surface area contributed by atoms with Gasteiger partial charge in [-0.3, -0.25) is 9.59 Å². The van der Waals surface area contributed by atoms with Gasteiger partial charge in [0, 0.05) is 37.1 Å². The fourth-order valence-corrected chi connectivity index (χ4v) is 3.05. The number of carbonyl (C=O) groups is 2. The summed E-state index contributed by atoms with van der Waals surface area (Å²) in [6.07, 6.45) is 4.74. The smallest absolute Gasteiger partial charge is 0.257 e. The maximum atomic E-state index is 12.6. The summed E-state index contributed by atoms with van der Waals surface area (Å²) in [5, 5.41) is 5.73. The summed E-state index contributed by atoms with van der Waals surface area (Å²) in [7, 11) is 1.90. The van der Waals surface area contributed by atoms with Gasteiger partial charge in [0.15, 0.2) is 0 Å². The normalized spacial score (nSPS) is 12.5. The van der Waals surface area contributed by atoms with Crippen LogP contribution in [0.25, 0.3) is 0 Å². The van der Waals surface area contributed by atoms with Crippen molar-refractivity contribution in [1.82, 2.24) is 15.3 Å². The molecule has 7 heteroatoms. The molecule has 7 nitrogen and oxygen atoms in total. The van der Waals surface area contributed by atoms with E-state index in [0.717, 1.165) is 16.9 Å². The highest BCUT2D eigenvalue weighted by molar-refractivity contribution is 6.13. The van der Waals surface area contributed by atoms with Crippen LogP contribution in [-0.4, -0.2) is 28.8 Å². The molecule has 4 rings (SSSR count). The van der Waals surface area contributed by atoms with E-state index in [1.54, 1.807) is 30.6 Å². The van der Waals surface area contributed by atoms with E-state index in [2.05, 4.69) is 20.6 Å². The second-order valence-corrected chi connectivity index (χ2v) is 6.19. The summed E-state index contributed by atoms with van der Waals surface area (Å²) in [6, 6.07) is 12.7. The lowest BCUT2D eigenvalue weighted by Crippen LogP contribution is -2.23. The Morgan fingerprint density at radius 2 is 1.89 bits per heavy atom. The lowest BCUT2D eigenvalue weighted by Gasteiger charge is -2.21. The van der Waals surface area contributed by atoms with Gasteiger partial charge < -0.3 is 15.5 Å². The topological polar surface area (TPSA) is 87.2 Å². The Labute approximate surface area is 156 Å². The zero-order chi connectivity index (χ0) is 18.8. The number of para-hydroxylation sites is 1. The Morgan fingerprint density at radius 3 is 2.70 bits per heavy atom. The number of benzene rings is 2. The number of aromatic nitrogens is 2. The Balaban J connectivity index is 1.60. The van der Waals surface area contributed by atoms with Gasteiger partial charge in [-0.25, -0.2) is 9.97 Å². The summed E-state index contributed by atoms with van der Waals surface area (Å²) in [6.45, 7) is 0.328. The third-order valence-corrected chi connectivity index (χ3v) is 4.45. The third-order valence-electron chi connectivity index (χ3n) is 4.45. The number of hydrogen-bond donors (Lipinski definition) is 2. The van der Waals surface area contributed by atoms with Gasteiger partial charge in [-0.2, -0.15) is 0 Å². The number of nitrogens with one attached hydrogen (secondary N) is 2. The molecule has 2 heterocycles. The maximum Gasteiger partial charge on any atom is 0.257 e. The molecule has 0 saturated heterocycles. The van der Waals surface area contributed by atoms with Crippen molar-refractivity contribution >= 4 is 28.9 Å². The van der Waals surface area contributed by atoms with Crippen molar-refractivity contribution in [2.24, 2.45) is 0 Å². The van der Waals surface area contributed by atoms with Gasteiger partial charge in [-0.1, -0.05) is 12.1 Å². The predicted octanol–water partition coefficient (Wildman–Crippen LogP) is 2.74. The molecule has 0 unspecified atom stereocenters.